The van der Waals surface area contributed by atoms with Gasteiger partial charge in [0.1, 0.15) is 6.54 Å². The number of rotatable bonds is 4. The van der Waals surface area contributed by atoms with Crippen molar-refractivity contribution in [1.29, 1.82) is 0 Å². The zero-order valence-electron chi connectivity index (χ0n) is 12.8. The number of aromatic nitrogens is 2. The van der Waals surface area contributed by atoms with Crippen molar-refractivity contribution < 1.29 is 4.79 Å². The van der Waals surface area contributed by atoms with Gasteiger partial charge < -0.3 is 16.0 Å². The molecule has 0 saturated carbocycles. The molecule has 0 atom stereocenters. The third-order valence-electron chi connectivity index (χ3n) is 3.40. The first-order valence-corrected chi connectivity index (χ1v) is 6.75. The summed E-state index contributed by atoms with van der Waals surface area (Å²) in [5.41, 5.74) is 9.90. The summed E-state index contributed by atoms with van der Waals surface area (Å²) >= 11 is 0. The van der Waals surface area contributed by atoms with E-state index in [-0.39, 0.29) is 12.5 Å². The number of anilines is 3. The van der Waals surface area contributed by atoms with Crippen molar-refractivity contribution in [2.45, 2.75) is 20.4 Å². The molecule has 112 valence electrons. The summed E-state index contributed by atoms with van der Waals surface area (Å²) in [6.07, 6.45) is 0. The molecule has 6 nitrogen and oxygen atoms in total. The van der Waals surface area contributed by atoms with Gasteiger partial charge in [-0.15, -0.1) is 0 Å². The van der Waals surface area contributed by atoms with Crippen LogP contribution in [0.1, 0.15) is 11.4 Å². The lowest BCUT2D eigenvalue weighted by Crippen LogP contribution is -2.20. The Hall–Kier alpha value is -2.50. The maximum absolute atomic E-state index is 12.1. The normalized spacial score (nSPS) is 10.5. The van der Waals surface area contributed by atoms with Crippen molar-refractivity contribution in [3.8, 4) is 0 Å². The Morgan fingerprint density at radius 3 is 2.38 bits per heavy atom. The molecule has 1 heterocycles. The monoisotopic (exact) mass is 287 g/mol. The van der Waals surface area contributed by atoms with Crippen molar-refractivity contribution in [3.05, 3.63) is 35.7 Å². The van der Waals surface area contributed by atoms with E-state index in [1.165, 1.54) is 0 Å². The molecule has 0 aliphatic heterocycles. The quantitative estimate of drug-likeness (QED) is 0.899. The second kappa shape index (κ2) is 5.87. The van der Waals surface area contributed by atoms with Gasteiger partial charge >= 0.3 is 0 Å². The summed E-state index contributed by atoms with van der Waals surface area (Å²) in [6.45, 7) is 3.84. The van der Waals surface area contributed by atoms with Crippen molar-refractivity contribution in [2.24, 2.45) is 0 Å². The lowest BCUT2D eigenvalue weighted by atomic mass is 10.2. The summed E-state index contributed by atoms with van der Waals surface area (Å²) in [6, 6.07) is 7.67. The number of nitrogens with one attached hydrogen (secondary N) is 1. The highest BCUT2D eigenvalue weighted by Crippen LogP contribution is 2.17. The third-order valence-corrected chi connectivity index (χ3v) is 3.40. The van der Waals surface area contributed by atoms with Crippen molar-refractivity contribution in [2.75, 3.05) is 30.0 Å². The number of carbonyl (C=O) groups is 1. The highest BCUT2D eigenvalue weighted by molar-refractivity contribution is 5.90. The summed E-state index contributed by atoms with van der Waals surface area (Å²) in [7, 11) is 3.95. The second-order valence-electron chi connectivity index (χ2n) is 5.23. The van der Waals surface area contributed by atoms with Crippen molar-refractivity contribution >= 4 is 23.0 Å². The molecular weight excluding hydrogens is 266 g/mol. The van der Waals surface area contributed by atoms with Crippen molar-refractivity contribution in [1.82, 2.24) is 9.78 Å². The smallest absolute Gasteiger partial charge is 0.246 e. The molecule has 0 bridgehead atoms. The molecule has 0 aliphatic rings. The predicted octanol–water partition coefficient (Wildman–Crippen LogP) is 1.79. The Balaban J connectivity index is 2.03. The van der Waals surface area contributed by atoms with Gasteiger partial charge in [-0.1, -0.05) is 0 Å². The van der Waals surface area contributed by atoms with E-state index in [1.807, 2.05) is 57.1 Å². The maximum atomic E-state index is 12.1. The fourth-order valence-electron chi connectivity index (χ4n) is 2.04. The van der Waals surface area contributed by atoms with Crippen molar-refractivity contribution in [3.63, 3.8) is 0 Å². The number of nitrogens with zero attached hydrogens (tertiary/aromatic N) is 3. The third kappa shape index (κ3) is 3.34. The standard InChI is InChI=1S/C15H21N5O/c1-10-15(16)11(2)20(18-10)9-14(21)17-12-5-7-13(8-6-12)19(3)4/h5-8H,9,16H2,1-4H3,(H,17,21). The summed E-state index contributed by atoms with van der Waals surface area (Å²) < 4.78 is 1.62. The van der Waals surface area contributed by atoms with Gasteiger partial charge in [0.2, 0.25) is 5.91 Å². The molecular formula is C15H21N5O. The Morgan fingerprint density at radius 2 is 1.90 bits per heavy atom. The second-order valence-corrected chi connectivity index (χ2v) is 5.23. The van der Waals surface area contributed by atoms with Crippen LogP contribution in [0.4, 0.5) is 17.1 Å². The van der Waals surface area contributed by atoms with Gasteiger partial charge in [-0.2, -0.15) is 5.10 Å². The van der Waals surface area contributed by atoms with Crippen LogP contribution in [-0.2, 0) is 11.3 Å². The summed E-state index contributed by atoms with van der Waals surface area (Å²) in [5.74, 6) is -0.127. The minimum atomic E-state index is -0.127. The Bertz CT molecular complexity index is 643. The molecule has 1 aromatic carbocycles. The first-order chi connectivity index (χ1) is 9.88. The fourth-order valence-corrected chi connectivity index (χ4v) is 2.04. The SMILES string of the molecule is Cc1nn(CC(=O)Nc2ccc(N(C)C)cc2)c(C)c1N. The van der Waals surface area contributed by atoms with Gasteiger partial charge in [0.25, 0.3) is 0 Å². The molecule has 3 N–H and O–H groups in total. The highest BCUT2D eigenvalue weighted by atomic mass is 16.2. The van der Waals surface area contributed by atoms with Gasteiger partial charge in [-0.05, 0) is 38.1 Å². The van der Waals surface area contributed by atoms with E-state index < -0.39 is 0 Å². The highest BCUT2D eigenvalue weighted by Gasteiger charge is 2.11. The van der Waals surface area contributed by atoms with Gasteiger partial charge in [0.05, 0.1) is 17.1 Å². The zero-order valence-corrected chi connectivity index (χ0v) is 12.8. The first kappa shape index (κ1) is 14.9. The average Bonchev–Trinajstić information content (AvgIpc) is 2.67. The van der Waals surface area contributed by atoms with Crippen LogP contribution in [-0.4, -0.2) is 29.8 Å². The molecule has 0 radical (unpaired) electrons. The lowest BCUT2D eigenvalue weighted by Gasteiger charge is -2.13. The number of benzene rings is 1. The van der Waals surface area contributed by atoms with E-state index in [0.29, 0.717) is 5.69 Å². The number of hydrogen-bond donors (Lipinski definition) is 2. The summed E-state index contributed by atoms with van der Waals surface area (Å²) in [4.78, 5) is 14.1. The van der Waals surface area contributed by atoms with E-state index in [2.05, 4.69) is 10.4 Å². The van der Waals surface area contributed by atoms with Crippen LogP contribution in [0.15, 0.2) is 24.3 Å². The summed E-state index contributed by atoms with van der Waals surface area (Å²) in [5, 5.41) is 7.11. The van der Waals surface area contributed by atoms with Gasteiger partial charge in [0.15, 0.2) is 0 Å². The number of nitrogen functional groups attached to an aromatic ring is 1. The van der Waals surface area contributed by atoms with Crippen LogP contribution in [0.5, 0.6) is 0 Å². The molecule has 6 heteroatoms. The van der Waals surface area contributed by atoms with Crippen LogP contribution in [0.2, 0.25) is 0 Å². The average molecular weight is 287 g/mol. The molecule has 2 rings (SSSR count). The fraction of sp³-hybridized carbons (Fsp3) is 0.333. The zero-order chi connectivity index (χ0) is 15.6. The van der Waals surface area contributed by atoms with Gasteiger partial charge in [-0.25, -0.2) is 0 Å². The topological polar surface area (TPSA) is 76.2 Å². The molecule has 0 fully saturated rings. The number of nitrogens with two attached hydrogens (primary N) is 1. The molecule has 1 amide bonds. The molecule has 0 aliphatic carbocycles. The lowest BCUT2D eigenvalue weighted by molar-refractivity contribution is -0.116. The Labute approximate surface area is 124 Å². The van der Waals surface area contributed by atoms with Crippen LogP contribution in [0.25, 0.3) is 0 Å². The first-order valence-electron chi connectivity index (χ1n) is 6.75. The molecule has 21 heavy (non-hydrogen) atoms. The Kier molecular flexibility index (Phi) is 4.16. The minimum absolute atomic E-state index is 0.127. The molecule has 2 aromatic rings. The van der Waals surface area contributed by atoms with E-state index >= 15 is 0 Å². The van der Waals surface area contributed by atoms with E-state index in [9.17, 15) is 4.79 Å². The van der Waals surface area contributed by atoms with Crippen LogP contribution < -0.4 is 16.0 Å². The van der Waals surface area contributed by atoms with Crippen LogP contribution >= 0.6 is 0 Å². The van der Waals surface area contributed by atoms with Gasteiger partial charge in [0, 0.05) is 25.5 Å². The minimum Gasteiger partial charge on any atom is -0.396 e. The van der Waals surface area contributed by atoms with E-state index in [1.54, 1.807) is 4.68 Å². The van der Waals surface area contributed by atoms with E-state index in [4.69, 9.17) is 5.73 Å². The van der Waals surface area contributed by atoms with Crippen LogP contribution in [0.3, 0.4) is 0 Å². The van der Waals surface area contributed by atoms with Gasteiger partial charge in [-0.3, -0.25) is 9.48 Å². The molecule has 1 aromatic heterocycles. The number of amides is 1. The van der Waals surface area contributed by atoms with E-state index in [0.717, 1.165) is 22.8 Å². The number of aryl methyl sites for hydroxylation is 1. The van der Waals surface area contributed by atoms with Crippen LogP contribution in [0, 0.1) is 13.8 Å². The molecule has 0 saturated heterocycles. The predicted molar refractivity (Wildman–Crippen MR) is 85.5 cm³/mol. The number of hydrogen-bond acceptors (Lipinski definition) is 4. The largest absolute Gasteiger partial charge is 0.396 e. The maximum Gasteiger partial charge on any atom is 0.246 e. The number of carbonyl (C=O) groups excluding carboxylic acids is 1. The molecule has 0 unspecified atom stereocenters. The molecule has 0 spiro atoms. The Morgan fingerprint density at radius 1 is 1.29 bits per heavy atom.